The summed E-state index contributed by atoms with van der Waals surface area (Å²) < 4.78 is 4.89. The van der Waals surface area contributed by atoms with Gasteiger partial charge in [0, 0.05) is 12.6 Å². The summed E-state index contributed by atoms with van der Waals surface area (Å²) in [6, 6.07) is -1.06. The van der Waals surface area contributed by atoms with Crippen LogP contribution >= 0.6 is 0 Å². The van der Waals surface area contributed by atoms with Crippen molar-refractivity contribution in [1.82, 2.24) is 0 Å². The van der Waals surface area contributed by atoms with Crippen LogP contribution < -0.4 is 0 Å². The van der Waals surface area contributed by atoms with Crippen LogP contribution in [0.1, 0.15) is 13.3 Å². The van der Waals surface area contributed by atoms with Crippen LogP contribution in [0.3, 0.4) is 0 Å². The Balaban J connectivity index is 2.66. The molecule has 1 rings (SSSR count). The van der Waals surface area contributed by atoms with Crippen LogP contribution in [0.15, 0.2) is 4.99 Å². The molecule has 7 heteroatoms. The fourth-order valence-corrected chi connectivity index (χ4v) is 1.55. The van der Waals surface area contributed by atoms with E-state index in [0.29, 0.717) is 0 Å². The minimum atomic E-state index is -1.42. The molecule has 1 aliphatic heterocycles. The summed E-state index contributed by atoms with van der Waals surface area (Å²) in [5.41, 5.74) is 0. The molecule has 1 heterocycles. The van der Waals surface area contributed by atoms with Gasteiger partial charge >= 0.3 is 0 Å². The summed E-state index contributed by atoms with van der Waals surface area (Å²) >= 11 is 0. The van der Waals surface area contributed by atoms with Crippen molar-refractivity contribution >= 4 is 12.0 Å². The molecule has 0 aliphatic carbocycles. The van der Waals surface area contributed by atoms with E-state index in [9.17, 15) is 20.1 Å². The Labute approximate surface area is 98.4 Å². The fourth-order valence-electron chi connectivity index (χ4n) is 1.55. The smallest absolute Gasteiger partial charge is 0.180 e. The van der Waals surface area contributed by atoms with Gasteiger partial charge in [-0.1, -0.05) is 0 Å². The Bertz CT molecular complexity index is 295. The van der Waals surface area contributed by atoms with E-state index in [1.165, 1.54) is 13.1 Å². The maximum absolute atomic E-state index is 10.7. The zero-order valence-corrected chi connectivity index (χ0v) is 9.43. The van der Waals surface area contributed by atoms with Gasteiger partial charge in [-0.25, -0.2) is 0 Å². The first kappa shape index (κ1) is 14.2. The van der Waals surface area contributed by atoms with Gasteiger partial charge in [-0.05, 0) is 6.92 Å². The number of ketones is 1. The predicted octanol–water partition coefficient (Wildman–Crippen LogP) is -2.16. The third-order valence-electron chi connectivity index (χ3n) is 2.52. The molecule has 0 saturated carbocycles. The van der Waals surface area contributed by atoms with Crippen molar-refractivity contribution in [3.8, 4) is 0 Å². The molecule has 0 bridgehead atoms. The first-order valence-electron chi connectivity index (χ1n) is 5.29. The van der Waals surface area contributed by atoms with Gasteiger partial charge in [0.2, 0.25) is 0 Å². The number of carbonyl (C=O) groups excluding carboxylic acids is 1. The molecular weight excluding hydrogens is 230 g/mol. The Hall–Kier alpha value is -0.860. The highest BCUT2D eigenvalue weighted by Crippen LogP contribution is 2.21. The molecule has 0 amide bonds. The fraction of sp³-hybridized carbons (Fsp3) is 0.800. The lowest BCUT2D eigenvalue weighted by molar-refractivity contribution is -0.248. The monoisotopic (exact) mass is 247 g/mol. The third kappa shape index (κ3) is 3.55. The van der Waals surface area contributed by atoms with Crippen LogP contribution in [0, 0.1) is 0 Å². The average molecular weight is 247 g/mol. The first-order valence-corrected chi connectivity index (χ1v) is 5.29. The normalized spacial score (nSPS) is 38.5. The average Bonchev–Trinajstić information content (AvgIpc) is 2.27. The lowest BCUT2D eigenvalue weighted by Gasteiger charge is -2.38. The number of ether oxygens (including phenoxy) is 1. The van der Waals surface area contributed by atoms with Crippen molar-refractivity contribution in [3.63, 3.8) is 0 Å². The van der Waals surface area contributed by atoms with E-state index in [-0.39, 0.29) is 12.2 Å². The zero-order valence-electron chi connectivity index (χ0n) is 9.43. The van der Waals surface area contributed by atoms with E-state index in [1.54, 1.807) is 0 Å². The molecule has 0 aromatic heterocycles. The van der Waals surface area contributed by atoms with Gasteiger partial charge in [0.25, 0.3) is 0 Å². The minimum Gasteiger partial charge on any atom is -0.394 e. The third-order valence-corrected chi connectivity index (χ3v) is 2.52. The number of aliphatic imine (C=N–C) groups is 1. The molecule has 1 fully saturated rings. The largest absolute Gasteiger partial charge is 0.394 e. The van der Waals surface area contributed by atoms with Crippen LogP contribution in [0.5, 0.6) is 0 Å². The second-order valence-electron chi connectivity index (χ2n) is 3.96. The molecule has 98 valence electrons. The van der Waals surface area contributed by atoms with Crippen LogP contribution in [0.25, 0.3) is 0 Å². The maximum atomic E-state index is 10.7. The second-order valence-corrected chi connectivity index (χ2v) is 3.96. The number of Topliss-reactive ketones (excluding diaryl/α,β-unsaturated/α-hetero) is 1. The first-order chi connectivity index (χ1) is 7.97. The highest BCUT2D eigenvalue weighted by molar-refractivity contribution is 5.89. The molecule has 5 atom stereocenters. The number of nitrogens with zero attached hydrogens (tertiary/aromatic N) is 1. The number of aliphatic hydroxyl groups excluding tert-OH is 4. The van der Waals surface area contributed by atoms with Gasteiger partial charge in [0.15, 0.2) is 6.29 Å². The molecule has 1 saturated heterocycles. The summed E-state index contributed by atoms with van der Waals surface area (Å²) in [6.45, 7) is 0.867. The van der Waals surface area contributed by atoms with Gasteiger partial charge in [-0.2, -0.15) is 0 Å². The highest BCUT2D eigenvalue weighted by atomic mass is 16.6. The van der Waals surface area contributed by atoms with E-state index in [4.69, 9.17) is 9.84 Å². The Morgan fingerprint density at radius 3 is 2.53 bits per heavy atom. The Morgan fingerprint density at radius 1 is 1.35 bits per heavy atom. The topological polar surface area (TPSA) is 120 Å². The molecule has 17 heavy (non-hydrogen) atoms. The Morgan fingerprint density at radius 2 is 2.00 bits per heavy atom. The van der Waals surface area contributed by atoms with Gasteiger partial charge < -0.3 is 25.2 Å². The molecule has 0 radical (unpaired) electrons. The Kier molecular flexibility index (Phi) is 5.16. The van der Waals surface area contributed by atoms with Crippen LogP contribution in [0.2, 0.25) is 0 Å². The van der Waals surface area contributed by atoms with Crippen LogP contribution in [-0.2, 0) is 9.53 Å². The molecule has 7 nitrogen and oxygen atoms in total. The van der Waals surface area contributed by atoms with E-state index in [0.717, 1.165) is 0 Å². The molecular formula is C10H17NO6. The molecule has 0 aromatic carbocycles. The minimum absolute atomic E-state index is 0.0788. The van der Waals surface area contributed by atoms with Crippen molar-refractivity contribution < 1.29 is 30.0 Å². The van der Waals surface area contributed by atoms with E-state index < -0.39 is 37.3 Å². The van der Waals surface area contributed by atoms with Crippen LogP contribution in [-0.4, -0.2) is 69.7 Å². The summed E-state index contributed by atoms with van der Waals surface area (Å²) in [7, 11) is 0. The molecule has 1 unspecified atom stereocenters. The van der Waals surface area contributed by atoms with Crippen LogP contribution in [0.4, 0.5) is 0 Å². The highest BCUT2D eigenvalue weighted by Gasteiger charge is 2.43. The molecule has 1 aliphatic rings. The van der Waals surface area contributed by atoms with Gasteiger partial charge in [0.05, 0.1) is 6.61 Å². The van der Waals surface area contributed by atoms with Crippen molar-refractivity contribution in [2.45, 2.75) is 44.0 Å². The number of rotatable bonds is 4. The number of aliphatic hydroxyl groups is 4. The standard InChI is InChI=1S/C10H17NO6/c1-5(13)2-3-11-7-9(15)8(14)6(4-12)17-10(7)16/h3,6-10,12,14-16H,2,4H2,1H3/t6-,7+,8-,9-,10?/m1/s1. The van der Waals surface area contributed by atoms with E-state index in [2.05, 4.69) is 4.99 Å². The van der Waals surface area contributed by atoms with Crippen molar-refractivity contribution in [2.24, 2.45) is 4.99 Å². The summed E-state index contributed by atoms with van der Waals surface area (Å²) in [5, 5.41) is 37.6. The number of hydrogen-bond acceptors (Lipinski definition) is 7. The van der Waals surface area contributed by atoms with Gasteiger partial charge in [0.1, 0.15) is 30.1 Å². The quantitative estimate of drug-likeness (QED) is 0.420. The van der Waals surface area contributed by atoms with E-state index in [1.807, 2.05) is 0 Å². The van der Waals surface area contributed by atoms with Gasteiger partial charge in [-0.15, -0.1) is 0 Å². The zero-order chi connectivity index (χ0) is 13.0. The van der Waals surface area contributed by atoms with Crippen molar-refractivity contribution in [3.05, 3.63) is 0 Å². The lowest BCUT2D eigenvalue weighted by Crippen LogP contribution is -2.57. The number of hydrogen-bond donors (Lipinski definition) is 4. The van der Waals surface area contributed by atoms with E-state index >= 15 is 0 Å². The molecule has 0 aromatic rings. The van der Waals surface area contributed by atoms with Crippen molar-refractivity contribution in [1.29, 1.82) is 0 Å². The molecule has 0 spiro atoms. The maximum Gasteiger partial charge on any atom is 0.180 e. The lowest BCUT2D eigenvalue weighted by atomic mass is 9.97. The molecule has 4 N–H and O–H groups in total. The van der Waals surface area contributed by atoms with Gasteiger partial charge in [-0.3, -0.25) is 9.79 Å². The number of carbonyl (C=O) groups is 1. The predicted molar refractivity (Wildman–Crippen MR) is 57.6 cm³/mol. The summed E-state index contributed by atoms with van der Waals surface area (Å²) in [4.78, 5) is 14.5. The second kappa shape index (κ2) is 6.18. The SMILES string of the molecule is CC(=O)CC=N[C@@H]1C(O)O[C@H](CO)[C@@H](O)[C@@H]1O. The van der Waals surface area contributed by atoms with Crippen molar-refractivity contribution in [2.75, 3.05) is 6.61 Å². The summed E-state index contributed by atoms with van der Waals surface area (Å²) in [6.07, 6.45) is -3.81. The summed E-state index contributed by atoms with van der Waals surface area (Å²) in [5.74, 6) is -0.108.